The van der Waals surface area contributed by atoms with E-state index in [4.69, 9.17) is 18.9 Å². The fourth-order valence-electron chi connectivity index (χ4n) is 7.56. The number of aliphatic hydroxyl groups is 1. The molecule has 15 nitrogen and oxygen atoms in total. The van der Waals surface area contributed by atoms with E-state index in [1.54, 1.807) is 5.01 Å². The van der Waals surface area contributed by atoms with Gasteiger partial charge in [-0.25, -0.2) is 14.6 Å². The molecule has 61 heavy (non-hydrogen) atoms. The second kappa shape index (κ2) is 22.0. The first-order chi connectivity index (χ1) is 29.1. The van der Waals surface area contributed by atoms with Crippen LogP contribution in [0.15, 0.2) is 84.9 Å². The first-order valence-electron chi connectivity index (χ1n) is 21.0. The normalized spacial score (nSPS) is 19.0. The lowest BCUT2D eigenvalue weighted by molar-refractivity contribution is -0.139. The minimum Gasteiger partial charge on any atom is -0.492 e. The molecular weight excluding hydrogens is 781 g/mol. The number of benzene rings is 3. The molecule has 2 fully saturated rings. The van der Waals surface area contributed by atoms with Gasteiger partial charge in [0.2, 0.25) is 5.91 Å². The van der Waals surface area contributed by atoms with E-state index in [-0.39, 0.29) is 31.6 Å². The zero-order chi connectivity index (χ0) is 44.0. The molecule has 5 N–H and O–H groups in total. The number of morpholine rings is 1. The van der Waals surface area contributed by atoms with Crippen LogP contribution in [0.2, 0.25) is 0 Å². The van der Waals surface area contributed by atoms with Gasteiger partial charge in [-0.2, -0.15) is 0 Å². The van der Waals surface area contributed by atoms with E-state index in [2.05, 4.69) is 26.3 Å². The highest BCUT2D eigenvalue weighted by Crippen LogP contribution is 2.46. The van der Waals surface area contributed by atoms with Crippen LogP contribution in [0.4, 0.5) is 9.59 Å². The number of amides is 4. The van der Waals surface area contributed by atoms with Crippen molar-refractivity contribution in [3.8, 4) is 5.75 Å². The Balaban J connectivity index is 1.28. The molecule has 1 aliphatic heterocycles. The summed E-state index contributed by atoms with van der Waals surface area (Å²) in [7, 11) is 1.23. The Morgan fingerprint density at radius 3 is 2.13 bits per heavy atom. The molecule has 0 bridgehead atoms. The maximum Gasteiger partial charge on any atom is 0.407 e. The van der Waals surface area contributed by atoms with Crippen molar-refractivity contribution in [3.05, 3.63) is 102 Å². The molecule has 0 spiro atoms. The highest BCUT2D eigenvalue weighted by atomic mass is 16.5. The predicted molar refractivity (Wildman–Crippen MR) is 230 cm³/mol. The third kappa shape index (κ3) is 14.2. The number of hydrogen-bond donors (Lipinski definition) is 5. The van der Waals surface area contributed by atoms with Gasteiger partial charge in [-0.1, -0.05) is 107 Å². The van der Waals surface area contributed by atoms with Gasteiger partial charge in [0.05, 0.1) is 32.5 Å². The van der Waals surface area contributed by atoms with E-state index < -0.39 is 53.0 Å². The maximum absolute atomic E-state index is 14.0. The summed E-state index contributed by atoms with van der Waals surface area (Å²) in [5.74, 6) is -0.516. The first-order valence-corrected chi connectivity index (χ1v) is 21.0. The zero-order valence-electron chi connectivity index (χ0n) is 36.4. The number of aliphatic hydroxyl groups excluding tert-OH is 1. The highest BCUT2D eigenvalue weighted by Gasteiger charge is 2.53. The average molecular weight is 845 g/mol. The van der Waals surface area contributed by atoms with Crippen molar-refractivity contribution >= 4 is 24.0 Å². The number of carbonyl (C=O) groups is 4. The molecule has 15 heteroatoms. The first kappa shape index (κ1) is 46.8. The molecule has 1 unspecified atom stereocenters. The highest BCUT2D eigenvalue weighted by molar-refractivity contribution is 5.86. The number of carbonyl (C=O) groups excluding carboxylic acids is 4. The van der Waals surface area contributed by atoms with Gasteiger partial charge in [-0.05, 0) is 52.5 Å². The quantitative estimate of drug-likeness (QED) is 0.108. The summed E-state index contributed by atoms with van der Waals surface area (Å²) in [4.78, 5) is 55.3. The predicted octanol–water partition coefficient (Wildman–Crippen LogP) is 4.43. The third-order valence-corrected chi connectivity index (χ3v) is 11.5. The van der Waals surface area contributed by atoms with E-state index in [1.807, 2.05) is 120 Å². The van der Waals surface area contributed by atoms with Crippen molar-refractivity contribution in [2.24, 2.45) is 16.7 Å². The summed E-state index contributed by atoms with van der Waals surface area (Å²) in [6, 6.07) is 24.4. The van der Waals surface area contributed by atoms with Crippen molar-refractivity contribution < 1.29 is 43.2 Å². The lowest BCUT2D eigenvalue weighted by Crippen LogP contribution is -2.64. The number of alkyl carbamates (subject to hydrolysis) is 2. The second-order valence-electron chi connectivity index (χ2n) is 17.5. The SMILES string of the molecule is COC(=O)NC(C(=O)NN(Cc1ccc(OCCN2CCOCC2)cc1)C[C@H](O)[C@H](Cc1ccccc1)NC(=O)[C@@H]1C[C@H](NC(=O)OCc2ccccc2)C1(C)C)C(C)(C)C. The number of rotatable bonds is 19. The van der Waals surface area contributed by atoms with E-state index in [0.717, 1.165) is 49.5 Å². The fraction of sp³-hybridized carbons (Fsp3) is 0.522. The number of nitrogens with one attached hydrogen (secondary N) is 4. The molecule has 3 aromatic carbocycles. The van der Waals surface area contributed by atoms with Gasteiger partial charge in [-0.3, -0.25) is 19.9 Å². The maximum atomic E-state index is 14.0. The van der Waals surface area contributed by atoms with Gasteiger partial charge < -0.3 is 40.0 Å². The van der Waals surface area contributed by atoms with E-state index in [0.29, 0.717) is 25.2 Å². The van der Waals surface area contributed by atoms with Crippen LogP contribution in [0.5, 0.6) is 5.75 Å². The van der Waals surface area contributed by atoms with Crippen LogP contribution >= 0.6 is 0 Å². The molecule has 5 atom stereocenters. The Kier molecular flexibility index (Phi) is 16.9. The summed E-state index contributed by atoms with van der Waals surface area (Å²) in [6.07, 6.45) is -1.77. The molecule has 0 radical (unpaired) electrons. The topological polar surface area (TPSA) is 180 Å². The molecule has 1 saturated carbocycles. The number of nitrogens with zero attached hydrogens (tertiary/aromatic N) is 2. The monoisotopic (exact) mass is 844 g/mol. The lowest BCUT2D eigenvalue weighted by Gasteiger charge is -2.51. The Morgan fingerprint density at radius 2 is 1.52 bits per heavy atom. The van der Waals surface area contributed by atoms with Gasteiger partial charge in [0.25, 0.3) is 5.91 Å². The van der Waals surface area contributed by atoms with E-state index in [1.165, 1.54) is 7.11 Å². The van der Waals surface area contributed by atoms with E-state index in [9.17, 15) is 24.3 Å². The Bertz CT molecular complexity index is 1850. The molecule has 0 aromatic heterocycles. The molecular formula is C46H64N6O9. The summed E-state index contributed by atoms with van der Waals surface area (Å²) in [5, 5.41) is 22.3. The minimum atomic E-state index is -1.17. The van der Waals surface area contributed by atoms with Gasteiger partial charge in [-0.15, -0.1) is 0 Å². The fourth-order valence-corrected chi connectivity index (χ4v) is 7.56. The molecule has 5 rings (SSSR count). The van der Waals surface area contributed by atoms with Gasteiger partial charge in [0.1, 0.15) is 25.0 Å². The van der Waals surface area contributed by atoms with Crippen molar-refractivity contribution in [2.45, 2.75) is 84.8 Å². The third-order valence-electron chi connectivity index (χ3n) is 11.5. The minimum absolute atomic E-state index is 0.0814. The van der Waals surface area contributed by atoms with Gasteiger partial charge in [0.15, 0.2) is 0 Å². The smallest absolute Gasteiger partial charge is 0.407 e. The summed E-state index contributed by atoms with van der Waals surface area (Å²) < 4.78 is 21.7. The van der Waals surface area contributed by atoms with Gasteiger partial charge in [0, 0.05) is 44.7 Å². The molecule has 1 saturated heterocycles. The number of ether oxygens (including phenoxy) is 4. The number of methoxy groups -OCH3 is 1. The molecule has 2 aliphatic rings. The van der Waals surface area contributed by atoms with Crippen molar-refractivity contribution in [1.82, 2.24) is 31.3 Å². The van der Waals surface area contributed by atoms with Crippen LogP contribution in [0.25, 0.3) is 0 Å². The molecule has 1 aliphatic carbocycles. The molecule has 3 aromatic rings. The lowest BCUT2D eigenvalue weighted by atomic mass is 9.58. The number of hydrazine groups is 1. The number of hydrogen-bond acceptors (Lipinski definition) is 11. The van der Waals surface area contributed by atoms with Crippen molar-refractivity contribution in [2.75, 3.05) is 53.1 Å². The Hall–Kier alpha value is -5.22. The van der Waals surface area contributed by atoms with Crippen LogP contribution in [0.1, 0.15) is 57.7 Å². The van der Waals surface area contributed by atoms with Gasteiger partial charge >= 0.3 is 12.2 Å². The van der Waals surface area contributed by atoms with Crippen LogP contribution in [0, 0.1) is 16.7 Å². The molecule has 332 valence electrons. The summed E-state index contributed by atoms with van der Waals surface area (Å²) in [6.45, 7) is 14.1. The largest absolute Gasteiger partial charge is 0.492 e. The van der Waals surface area contributed by atoms with Crippen LogP contribution in [0.3, 0.4) is 0 Å². The van der Waals surface area contributed by atoms with Crippen molar-refractivity contribution in [3.63, 3.8) is 0 Å². The summed E-state index contributed by atoms with van der Waals surface area (Å²) in [5.41, 5.74) is 4.23. The average Bonchev–Trinajstić information content (AvgIpc) is 3.24. The second-order valence-corrected chi connectivity index (χ2v) is 17.5. The Labute approximate surface area is 359 Å². The zero-order valence-corrected chi connectivity index (χ0v) is 36.4. The van der Waals surface area contributed by atoms with E-state index >= 15 is 0 Å². The van der Waals surface area contributed by atoms with Crippen LogP contribution < -0.4 is 26.1 Å². The molecule has 1 heterocycles. The van der Waals surface area contributed by atoms with Crippen LogP contribution in [-0.2, 0) is 43.4 Å². The van der Waals surface area contributed by atoms with Crippen molar-refractivity contribution in [1.29, 1.82) is 0 Å². The Morgan fingerprint density at radius 1 is 0.885 bits per heavy atom. The summed E-state index contributed by atoms with van der Waals surface area (Å²) >= 11 is 0. The van der Waals surface area contributed by atoms with Crippen LogP contribution in [-0.4, -0.2) is 116 Å². The standard InChI is InChI=1S/C46H64N6O9/c1-45(2,3)40(49-43(56)58-6)42(55)50-52(29-33-17-19-35(20-18-33)60-26-23-51-21-24-59-25-22-51)30-38(53)37(27-32-13-9-7-10-14-32)47-41(54)36-28-39(46(36,4)5)48-44(57)61-31-34-15-11-8-12-16-34/h7-20,36-40,53H,21-31H2,1-6H3,(H,47,54)(H,48,57)(H,49,56)(H,50,55)/t36-,37-,38-,39-,40?/m0/s1. The molecule has 4 amide bonds.